The molecule has 2 rings (SSSR count). The fourth-order valence-electron chi connectivity index (χ4n) is 1.76. The number of nitrogens with zero attached hydrogens (tertiary/aromatic N) is 2. The van der Waals surface area contributed by atoms with Gasteiger partial charge in [0.25, 0.3) is 0 Å². The minimum absolute atomic E-state index is 0.909. The van der Waals surface area contributed by atoms with E-state index in [-0.39, 0.29) is 0 Å². The zero-order valence-corrected chi connectivity index (χ0v) is 11.2. The number of imidazole rings is 1. The van der Waals surface area contributed by atoms with Crippen LogP contribution in [0.1, 0.15) is 12.6 Å². The minimum Gasteiger partial charge on any atom is -0.325 e. The molecular formula is C13H17N3S. The number of aryl methyl sites for hydroxylation is 2. The van der Waals surface area contributed by atoms with E-state index in [1.54, 1.807) is 11.8 Å². The van der Waals surface area contributed by atoms with Gasteiger partial charge in [-0.2, -0.15) is 0 Å². The molecule has 90 valence electrons. The maximum absolute atomic E-state index is 4.49. The van der Waals surface area contributed by atoms with E-state index in [1.807, 2.05) is 13.0 Å². The van der Waals surface area contributed by atoms with Gasteiger partial charge in [-0.05, 0) is 32.2 Å². The highest BCUT2D eigenvalue weighted by Crippen LogP contribution is 2.27. The van der Waals surface area contributed by atoms with Gasteiger partial charge in [-0.1, -0.05) is 12.1 Å². The number of hydrogen-bond donors (Lipinski definition) is 1. The number of rotatable bonds is 4. The van der Waals surface area contributed by atoms with Gasteiger partial charge in [0.05, 0.1) is 11.4 Å². The van der Waals surface area contributed by atoms with Gasteiger partial charge in [-0.15, -0.1) is 11.8 Å². The molecule has 0 spiro atoms. The summed E-state index contributed by atoms with van der Waals surface area (Å²) < 4.78 is 2.12. The van der Waals surface area contributed by atoms with Crippen molar-refractivity contribution in [2.75, 3.05) is 11.6 Å². The fraction of sp³-hybridized carbons (Fsp3) is 0.308. The summed E-state index contributed by atoms with van der Waals surface area (Å²) in [5, 5.41) is 3.39. The van der Waals surface area contributed by atoms with Gasteiger partial charge in [0, 0.05) is 17.6 Å². The fourth-order valence-corrected chi connectivity index (χ4v) is 2.31. The van der Waals surface area contributed by atoms with Crippen LogP contribution in [0.5, 0.6) is 0 Å². The third-order valence-electron chi connectivity index (χ3n) is 2.59. The third-order valence-corrected chi connectivity index (χ3v) is 3.39. The standard InChI is InChI=1S/C13H17N3S/c1-4-16-9-10(2)14-13(16)15-11-7-5-6-8-12(11)17-3/h5-9H,4H2,1-3H3,(H,14,15). The minimum atomic E-state index is 0.909. The zero-order valence-electron chi connectivity index (χ0n) is 10.4. The van der Waals surface area contributed by atoms with Crippen LogP contribution in [-0.4, -0.2) is 15.8 Å². The molecule has 1 aromatic carbocycles. The highest BCUT2D eigenvalue weighted by molar-refractivity contribution is 7.98. The van der Waals surface area contributed by atoms with Gasteiger partial charge in [0.1, 0.15) is 0 Å². The molecule has 1 N–H and O–H groups in total. The van der Waals surface area contributed by atoms with E-state index in [4.69, 9.17) is 0 Å². The van der Waals surface area contributed by atoms with Crippen LogP contribution < -0.4 is 5.32 Å². The summed E-state index contributed by atoms with van der Waals surface area (Å²) in [6.45, 7) is 5.05. The Labute approximate surface area is 106 Å². The smallest absolute Gasteiger partial charge is 0.207 e. The van der Waals surface area contributed by atoms with Crippen LogP contribution in [0.3, 0.4) is 0 Å². The van der Waals surface area contributed by atoms with E-state index >= 15 is 0 Å². The molecule has 1 heterocycles. The Morgan fingerprint density at radius 1 is 1.35 bits per heavy atom. The summed E-state index contributed by atoms with van der Waals surface area (Å²) >= 11 is 1.74. The van der Waals surface area contributed by atoms with Gasteiger partial charge in [0.15, 0.2) is 0 Å². The van der Waals surface area contributed by atoms with Crippen molar-refractivity contribution >= 4 is 23.4 Å². The molecule has 0 atom stereocenters. The van der Waals surface area contributed by atoms with Crippen LogP contribution in [0, 0.1) is 6.92 Å². The van der Waals surface area contributed by atoms with E-state index in [1.165, 1.54) is 4.90 Å². The van der Waals surface area contributed by atoms with Crippen LogP contribution in [0.2, 0.25) is 0 Å². The number of nitrogens with one attached hydrogen (secondary N) is 1. The lowest BCUT2D eigenvalue weighted by atomic mass is 10.3. The Morgan fingerprint density at radius 3 is 2.82 bits per heavy atom. The quantitative estimate of drug-likeness (QED) is 0.836. The maximum atomic E-state index is 4.49. The van der Waals surface area contributed by atoms with Crippen LogP contribution in [0.4, 0.5) is 11.6 Å². The van der Waals surface area contributed by atoms with E-state index in [2.05, 4.69) is 52.4 Å². The zero-order chi connectivity index (χ0) is 12.3. The highest BCUT2D eigenvalue weighted by Gasteiger charge is 2.06. The lowest BCUT2D eigenvalue weighted by Crippen LogP contribution is -2.01. The summed E-state index contributed by atoms with van der Waals surface area (Å²) in [4.78, 5) is 5.73. The monoisotopic (exact) mass is 247 g/mol. The second-order valence-corrected chi connectivity index (χ2v) is 4.67. The normalized spacial score (nSPS) is 10.5. The van der Waals surface area contributed by atoms with Crippen LogP contribution >= 0.6 is 11.8 Å². The van der Waals surface area contributed by atoms with Crippen LogP contribution in [0.15, 0.2) is 35.4 Å². The van der Waals surface area contributed by atoms with Gasteiger partial charge in [-0.25, -0.2) is 4.98 Å². The predicted octanol–water partition coefficient (Wildman–Crippen LogP) is 3.68. The first-order chi connectivity index (χ1) is 8.24. The van der Waals surface area contributed by atoms with Crippen molar-refractivity contribution in [1.82, 2.24) is 9.55 Å². The van der Waals surface area contributed by atoms with Gasteiger partial charge < -0.3 is 9.88 Å². The van der Waals surface area contributed by atoms with Crippen molar-refractivity contribution < 1.29 is 0 Å². The molecule has 0 saturated carbocycles. The topological polar surface area (TPSA) is 29.9 Å². The molecule has 3 nitrogen and oxygen atoms in total. The molecular weight excluding hydrogens is 230 g/mol. The molecule has 0 radical (unpaired) electrons. The first-order valence-electron chi connectivity index (χ1n) is 5.68. The average Bonchev–Trinajstić information content (AvgIpc) is 2.70. The lowest BCUT2D eigenvalue weighted by Gasteiger charge is -2.10. The maximum Gasteiger partial charge on any atom is 0.207 e. The Morgan fingerprint density at radius 2 is 2.12 bits per heavy atom. The largest absolute Gasteiger partial charge is 0.325 e. The predicted molar refractivity (Wildman–Crippen MR) is 74.1 cm³/mol. The molecule has 0 amide bonds. The average molecular weight is 247 g/mol. The number of benzene rings is 1. The van der Waals surface area contributed by atoms with Gasteiger partial charge >= 0.3 is 0 Å². The van der Waals surface area contributed by atoms with E-state index < -0.39 is 0 Å². The van der Waals surface area contributed by atoms with Crippen molar-refractivity contribution in [2.24, 2.45) is 0 Å². The Bertz CT molecular complexity index is 505. The summed E-state index contributed by atoms with van der Waals surface area (Å²) in [6.07, 6.45) is 4.14. The SMILES string of the molecule is CCn1cc(C)nc1Nc1ccccc1SC. The molecule has 0 bridgehead atoms. The summed E-state index contributed by atoms with van der Waals surface area (Å²) in [5.74, 6) is 0.909. The first kappa shape index (κ1) is 12.0. The van der Waals surface area contributed by atoms with Crippen molar-refractivity contribution in [3.63, 3.8) is 0 Å². The Balaban J connectivity index is 2.30. The van der Waals surface area contributed by atoms with E-state index in [0.29, 0.717) is 0 Å². The van der Waals surface area contributed by atoms with E-state index in [9.17, 15) is 0 Å². The molecule has 0 unspecified atom stereocenters. The summed E-state index contributed by atoms with van der Waals surface area (Å²) in [5.41, 5.74) is 2.15. The molecule has 0 saturated heterocycles. The molecule has 0 aliphatic heterocycles. The number of anilines is 2. The Hall–Kier alpha value is -1.42. The second-order valence-electron chi connectivity index (χ2n) is 3.82. The third kappa shape index (κ3) is 2.64. The second kappa shape index (κ2) is 5.27. The molecule has 2 aromatic rings. The highest BCUT2D eigenvalue weighted by atomic mass is 32.2. The molecule has 17 heavy (non-hydrogen) atoms. The first-order valence-corrected chi connectivity index (χ1v) is 6.91. The number of para-hydroxylation sites is 1. The molecule has 4 heteroatoms. The van der Waals surface area contributed by atoms with Crippen molar-refractivity contribution in [1.29, 1.82) is 0 Å². The molecule has 0 fully saturated rings. The van der Waals surface area contributed by atoms with Gasteiger partial charge in [-0.3, -0.25) is 0 Å². The van der Waals surface area contributed by atoms with Gasteiger partial charge in [0.2, 0.25) is 5.95 Å². The molecule has 0 aliphatic carbocycles. The Kier molecular flexibility index (Phi) is 3.74. The van der Waals surface area contributed by atoms with Crippen molar-refractivity contribution in [3.8, 4) is 0 Å². The number of thioether (sulfide) groups is 1. The van der Waals surface area contributed by atoms with Crippen molar-refractivity contribution in [2.45, 2.75) is 25.3 Å². The summed E-state index contributed by atoms with van der Waals surface area (Å²) in [7, 11) is 0. The molecule has 0 aliphatic rings. The van der Waals surface area contributed by atoms with Crippen LogP contribution in [-0.2, 0) is 6.54 Å². The number of aromatic nitrogens is 2. The van der Waals surface area contributed by atoms with E-state index in [0.717, 1.165) is 23.9 Å². The lowest BCUT2D eigenvalue weighted by molar-refractivity contribution is 0.771. The van der Waals surface area contributed by atoms with Crippen molar-refractivity contribution in [3.05, 3.63) is 36.2 Å². The number of hydrogen-bond acceptors (Lipinski definition) is 3. The molecule has 1 aromatic heterocycles. The summed E-state index contributed by atoms with van der Waals surface area (Å²) in [6, 6.07) is 8.28. The van der Waals surface area contributed by atoms with Crippen LogP contribution in [0.25, 0.3) is 0 Å².